The molecule has 9 rings (SSSR count). The van der Waals surface area contributed by atoms with Gasteiger partial charge in [0.2, 0.25) is 22.4 Å². The van der Waals surface area contributed by atoms with Gasteiger partial charge in [-0.3, -0.25) is 24.9 Å². The van der Waals surface area contributed by atoms with E-state index < -0.39 is 116 Å². The molecule has 2 aliphatic carbocycles. The molecule has 2 saturated carbocycles. The van der Waals surface area contributed by atoms with Gasteiger partial charge in [0.05, 0.1) is 62.4 Å². The molecule has 0 bridgehead atoms. The first-order chi connectivity index (χ1) is 40.4. The number of anilines is 2. The highest BCUT2D eigenvalue weighted by Gasteiger charge is 2.58. The van der Waals surface area contributed by atoms with Gasteiger partial charge in [-0.05, 0) is 110 Å². The van der Waals surface area contributed by atoms with Crippen molar-refractivity contribution in [3.05, 3.63) is 23.0 Å². The highest BCUT2D eigenvalue weighted by molar-refractivity contribution is 7.64. The number of hydrogen-bond donors (Lipinski definition) is 7. The lowest BCUT2D eigenvalue weighted by Crippen LogP contribution is -2.45. The van der Waals surface area contributed by atoms with E-state index in [1.54, 1.807) is 51.2 Å². The van der Waals surface area contributed by atoms with Crippen molar-refractivity contribution in [2.24, 2.45) is 0 Å². The molecule has 4 aromatic rings. The van der Waals surface area contributed by atoms with E-state index in [0.29, 0.717) is 27.9 Å². The van der Waals surface area contributed by atoms with Crippen LogP contribution in [0.15, 0.2) is 12.4 Å². The lowest BCUT2D eigenvalue weighted by atomic mass is 10.1. The van der Waals surface area contributed by atoms with Crippen molar-refractivity contribution in [1.82, 2.24) is 50.5 Å². The Morgan fingerprint density at radius 1 is 0.721 bits per heavy atom. The number of nitrogens with one attached hydrogen (secondary N) is 3. The van der Waals surface area contributed by atoms with Crippen LogP contribution in [-0.4, -0.2) is 216 Å². The molecule has 30 nitrogen and oxygen atoms in total. The van der Waals surface area contributed by atoms with Gasteiger partial charge in [0.15, 0.2) is 46.0 Å². The number of nitrogens with zero attached hydrogens (tertiary/aromatic N) is 9. The summed E-state index contributed by atoms with van der Waals surface area (Å²) >= 11 is 12.7. The predicted molar refractivity (Wildman–Crippen MR) is 310 cm³/mol. The molecule has 0 aromatic carbocycles. The number of aliphatic hydroxyl groups excluding tert-OH is 2. The number of rotatable bonds is 22. The number of hydroxylamine groups is 2. The Morgan fingerprint density at radius 3 is 1.74 bits per heavy atom. The van der Waals surface area contributed by atoms with Gasteiger partial charge in [-0.15, -0.1) is 0 Å². The minimum Gasteiger partial charge on any atom is -0.443 e. The average molecular weight is 1290 g/mol. The van der Waals surface area contributed by atoms with Crippen molar-refractivity contribution >= 4 is 89.1 Å². The number of fused-ring (bicyclic) bond motifs is 3. The van der Waals surface area contributed by atoms with Crippen LogP contribution < -0.4 is 21.2 Å². The van der Waals surface area contributed by atoms with E-state index in [9.17, 15) is 38.9 Å². The van der Waals surface area contributed by atoms with Gasteiger partial charge >= 0.3 is 6.09 Å². The number of carbonyl (C=O) groups is 3. The largest absolute Gasteiger partial charge is 0.443 e. The maximum absolute atomic E-state index is 13.6. The molecule has 0 radical (unpaired) electrons. The van der Waals surface area contributed by atoms with Gasteiger partial charge in [-0.25, -0.2) is 25.1 Å². The van der Waals surface area contributed by atoms with Crippen LogP contribution in [0.25, 0.3) is 22.1 Å². The Bertz CT molecular complexity index is 3150. The summed E-state index contributed by atoms with van der Waals surface area (Å²) in [5.74, 6) is -1.80. The highest BCUT2D eigenvalue weighted by Crippen LogP contribution is 2.56. The van der Waals surface area contributed by atoms with Crippen LogP contribution in [-0.2, 0) is 61.4 Å². The number of methoxy groups -OCH3 is 2. The van der Waals surface area contributed by atoms with Crippen molar-refractivity contribution in [3.63, 3.8) is 0 Å². The van der Waals surface area contributed by atoms with Gasteiger partial charge in [0.1, 0.15) is 62.3 Å². The monoisotopic (exact) mass is 1290 g/mol. The van der Waals surface area contributed by atoms with E-state index in [-0.39, 0.29) is 54.9 Å². The van der Waals surface area contributed by atoms with E-state index >= 15 is 0 Å². The summed E-state index contributed by atoms with van der Waals surface area (Å²) in [4.78, 5) is 57.0. The minimum absolute atomic E-state index is 0.0131. The quantitative estimate of drug-likeness (QED) is 0.0212. The summed E-state index contributed by atoms with van der Waals surface area (Å²) in [6.45, 7) is 13.9. The molecule has 86 heavy (non-hydrogen) atoms. The Kier molecular flexibility index (Phi) is 21.2. The maximum atomic E-state index is 13.6. The molecule has 3 amide bonds. The van der Waals surface area contributed by atoms with Crippen LogP contribution in [0.1, 0.15) is 111 Å². The van der Waals surface area contributed by atoms with Crippen molar-refractivity contribution in [3.8, 4) is 0 Å². The standard InChI is InChI=1S/C30H46ClN6O10P.C22H34ClN6O8P/c1-28(2,3)47-27(39)36(17-11-9-10-12-17)23-18-14-32-37(24(18)34-26(31)33-23)25-22-21(45-29(4,5)46-22)19(44-25)15-43-30(16-42-6,48(7,8)41)13-20(38)35-40;1-35-11-22(38(2,3)34,8-15(30)28-33)36-10-14-16(31)17(32)20(37-14)29-19-13(9-24-29)18(26-21(23)27-19)25-12-6-4-5-7-12/h14,17,19,21-22,25,40H,9-13,15-16H2,1-8H3,(H,35,38);9,12,14,16-17,20,31-33H,4-8,10-11H2,1-3H3,(H,28,30)(H,25,26,27)/t19-,21-,22-,25-,30+;14-,16-,17-,20-,22+/m11/s1. The molecule has 5 fully saturated rings. The predicted octanol–water partition coefficient (Wildman–Crippen LogP) is 5.79. The number of halogens is 2. The highest BCUT2D eigenvalue weighted by atomic mass is 35.5. The molecule has 480 valence electrons. The fourth-order valence-electron chi connectivity index (χ4n) is 11.5. The lowest BCUT2D eigenvalue weighted by molar-refractivity contribution is -0.207. The first-order valence-corrected chi connectivity index (χ1v) is 34.2. The van der Waals surface area contributed by atoms with Crippen LogP contribution >= 0.6 is 37.5 Å². The van der Waals surface area contributed by atoms with Gasteiger partial charge in [0, 0.05) is 26.3 Å². The normalized spacial score (nSPS) is 25.8. The summed E-state index contributed by atoms with van der Waals surface area (Å²) < 4.78 is 83.0. The Hall–Kier alpha value is -4.33. The van der Waals surface area contributed by atoms with Gasteiger partial charge in [0.25, 0.3) is 0 Å². The molecule has 3 aliphatic heterocycles. The zero-order chi connectivity index (χ0) is 62.9. The number of hydrogen-bond acceptors (Lipinski definition) is 25. The summed E-state index contributed by atoms with van der Waals surface area (Å²) in [5, 5.41) is 50.0. The SMILES string of the molecule is COC[C@@](CC(=O)NO)(OC[C@H]1O[C@@H](n2ncc3c(N(C(=O)OC(C)(C)C)C4CCCC4)nc(Cl)nc32)[C@@H]2OC(C)(C)O[C@@H]21)P(C)(C)=O.COC[C@@](CC(=O)NO)(OC[C@H]1O[C@@H](n2ncc3c(NC4CCCC4)nc(Cl)nc32)[C@H](O)[C@@H]1O)P(C)(C)=O. The third-order valence-corrected chi connectivity index (χ3v) is 20.9. The van der Waals surface area contributed by atoms with Crippen molar-refractivity contribution in [2.45, 2.75) is 182 Å². The Morgan fingerprint density at radius 2 is 1.21 bits per heavy atom. The lowest BCUT2D eigenvalue weighted by Gasteiger charge is -2.37. The fraction of sp³-hybridized carbons (Fsp3) is 0.750. The number of aromatic nitrogens is 8. The van der Waals surface area contributed by atoms with Gasteiger partial charge in [-0.1, -0.05) is 25.7 Å². The van der Waals surface area contributed by atoms with E-state index in [1.807, 2.05) is 0 Å². The van der Waals surface area contributed by atoms with Gasteiger partial charge in [-0.2, -0.15) is 30.1 Å². The fourth-order valence-corrected chi connectivity index (χ4v) is 14.5. The molecule has 34 heteroatoms. The van der Waals surface area contributed by atoms with Gasteiger partial charge < -0.3 is 67.3 Å². The summed E-state index contributed by atoms with van der Waals surface area (Å²) in [6, 6.07) is 0.115. The average Bonchev–Trinajstić information content (AvgIpc) is 1.63. The van der Waals surface area contributed by atoms with Crippen LogP contribution in [0, 0.1) is 0 Å². The molecule has 0 unspecified atom stereocenters. The summed E-state index contributed by atoms with van der Waals surface area (Å²) in [5.41, 5.74) is 2.97. The maximum Gasteiger partial charge on any atom is 0.416 e. The molecule has 0 spiro atoms. The molecule has 10 atom stereocenters. The summed E-state index contributed by atoms with van der Waals surface area (Å²) in [6.07, 6.45) is 1.34. The number of amides is 3. The van der Waals surface area contributed by atoms with E-state index in [1.165, 1.54) is 61.9 Å². The third-order valence-electron chi connectivity index (χ3n) is 15.8. The molecule has 5 aliphatic rings. The molecule has 7 N–H and O–H groups in total. The second-order valence-electron chi connectivity index (χ2n) is 24.4. The molecular formula is C52H80Cl2N12O18P2. The van der Waals surface area contributed by atoms with E-state index in [4.69, 9.17) is 71.0 Å². The summed E-state index contributed by atoms with van der Waals surface area (Å²) in [7, 11) is -3.60. The van der Waals surface area contributed by atoms with E-state index in [2.05, 4.69) is 35.5 Å². The number of ether oxygens (including phenoxy) is 9. The Labute approximate surface area is 506 Å². The minimum atomic E-state index is -3.19. The zero-order valence-electron chi connectivity index (χ0n) is 50.0. The van der Waals surface area contributed by atoms with Crippen LogP contribution in [0.5, 0.6) is 0 Å². The smallest absolute Gasteiger partial charge is 0.416 e. The molecular weight excluding hydrogens is 1210 g/mol. The van der Waals surface area contributed by atoms with Crippen molar-refractivity contribution in [1.29, 1.82) is 0 Å². The first-order valence-electron chi connectivity index (χ1n) is 28.2. The second-order valence-corrected chi connectivity index (χ2v) is 32.1. The first kappa shape index (κ1) is 67.6. The van der Waals surface area contributed by atoms with Crippen LogP contribution in [0.4, 0.5) is 16.4 Å². The number of carbonyl (C=O) groups excluding carboxylic acids is 3. The third kappa shape index (κ3) is 14.8. The zero-order valence-corrected chi connectivity index (χ0v) is 53.3. The second kappa shape index (κ2) is 27.0. The van der Waals surface area contributed by atoms with Crippen LogP contribution in [0.2, 0.25) is 10.6 Å². The molecule has 7 heterocycles. The van der Waals surface area contributed by atoms with Crippen molar-refractivity contribution in [2.75, 3.05) is 77.5 Å². The molecule has 3 saturated heterocycles. The van der Waals surface area contributed by atoms with Crippen LogP contribution in [0.3, 0.4) is 0 Å². The van der Waals surface area contributed by atoms with Crippen molar-refractivity contribution < 1.29 is 86.8 Å². The topological polar surface area (TPSA) is 376 Å². The molecule has 4 aromatic heterocycles. The van der Waals surface area contributed by atoms with E-state index in [0.717, 1.165) is 51.4 Å². The Balaban J connectivity index is 0.000000230. The number of aliphatic hydroxyl groups is 2.